The van der Waals surface area contributed by atoms with Crippen LogP contribution in [0.25, 0.3) is 0 Å². The topological polar surface area (TPSA) is 0 Å². The third-order valence-electron chi connectivity index (χ3n) is 1.89. The minimum Gasteiger partial charge on any atom is -0.167 e. The molecule has 0 nitrogen and oxygen atoms in total. The molecule has 0 aromatic rings. The first-order chi connectivity index (χ1) is 6.23. The van der Waals surface area contributed by atoms with E-state index in [-0.39, 0.29) is 12.8 Å². The molecule has 0 aliphatic heterocycles. The SMILES string of the molecule is FC(F)(F)P(C1CC=CC1)C(F)(F)F. The van der Waals surface area contributed by atoms with E-state index in [0.29, 0.717) is 0 Å². The van der Waals surface area contributed by atoms with E-state index < -0.39 is 25.4 Å². The molecule has 0 N–H and O–H groups in total. The van der Waals surface area contributed by atoms with Crippen LogP contribution in [0.15, 0.2) is 12.2 Å². The maximum Gasteiger partial charge on any atom is 0.414 e. The molecule has 14 heavy (non-hydrogen) atoms. The highest BCUT2D eigenvalue weighted by molar-refractivity contribution is 7.60. The lowest BCUT2D eigenvalue weighted by molar-refractivity contribution is -0.0846. The van der Waals surface area contributed by atoms with Gasteiger partial charge in [0.2, 0.25) is 0 Å². The molecule has 0 aromatic heterocycles. The molecule has 0 atom stereocenters. The van der Waals surface area contributed by atoms with E-state index in [2.05, 4.69) is 0 Å². The summed E-state index contributed by atoms with van der Waals surface area (Å²) in [5.74, 6) is -10.3. The summed E-state index contributed by atoms with van der Waals surface area (Å²) in [6.45, 7) is 0. The van der Waals surface area contributed by atoms with Gasteiger partial charge in [0, 0.05) is 5.66 Å². The quantitative estimate of drug-likeness (QED) is 0.363. The molecule has 7 heteroatoms. The fourth-order valence-electron chi connectivity index (χ4n) is 1.37. The van der Waals surface area contributed by atoms with Crippen LogP contribution in [0.2, 0.25) is 0 Å². The van der Waals surface area contributed by atoms with Gasteiger partial charge in [-0.3, -0.25) is 0 Å². The molecule has 0 radical (unpaired) electrons. The second-order valence-electron chi connectivity index (χ2n) is 2.90. The number of hydrogen-bond acceptors (Lipinski definition) is 0. The molecule has 0 aromatic carbocycles. The van der Waals surface area contributed by atoms with Crippen molar-refractivity contribution in [2.45, 2.75) is 30.3 Å². The van der Waals surface area contributed by atoms with Crippen molar-refractivity contribution in [3.05, 3.63) is 12.2 Å². The van der Waals surface area contributed by atoms with Crippen LogP contribution in [-0.2, 0) is 0 Å². The summed E-state index contributed by atoms with van der Waals surface area (Å²) in [6, 6.07) is 0. The fraction of sp³-hybridized carbons (Fsp3) is 0.714. The molecule has 0 heterocycles. The lowest BCUT2D eigenvalue weighted by Crippen LogP contribution is -2.25. The normalized spacial score (nSPS) is 19.6. The van der Waals surface area contributed by atoms with Crippen LogP contribution in [0.3, 0.4) is 0 Å². The summed E-state index contributed by atoms with van der Waals surface area (Å²) in [5, 5.41) is 0. The monoisotopic (exact) mass is 236 g/mol. The van der Waals surface area contributed by atoms with Crippen molar-refractivity contribution in [3.63, 3.8) is 0 Å². The van der Waals surface area contributed by atoms with Gasteiger partial charge in [-0.2, -0.15) is 26.3 Å². The minimum absolute atomic E-state index is 0.120. The van der Waals surface area contributed by atoms with Gasteiger partial charge < -0.3 is 0 Å². The summed E-state index contributed by atoms with van der Waals surface area (Å²) >= 11 is 0. The van der Waals surface area contributed by atoms with Crippen LogP contribution >= 0.6 is 7.92 Å². The van der Waals surface area contributed by atoms with E-state index in [1.54, 1.807) is 0 Å². The lowest BCUT2D eigenvalue weighted by atomic mass is 10.3. The highest BCUT2D eigenvalue weighted by Gasteiger charge is 2.59. The smallest absolute Gasteiger partial charge is 0.167 e. The van der Waals surface area contributed by atoms with Crippen molar-refractivity contribution >= 4 is 7.92 Å². The van der Waals surface area contributed by atoms with E-state index in [1.165, 1.54) is 12.2 Å². The standard InChI is InChI=1S/C7H7F6P/c8-6(9,10)14(7(11,12)13)5-3-1-2-4-5/h1-2,5H,3-4H2. The Bertz CT molecular complexity index is 205. The van der Waals surface area contributed by atoms with E-state index in [1.807, 2.05) is 0 Å². The molecule has 0 saturated carbocycles. The summed E-state index contributed by atoms with van der Waals surface area (Å²) in [6.07, 6.45) is 2.50. The van der Waals surface area contributed by atoms with Gasteiger partial charge in [0.15, 0.2) is 0 Å². The zero-order valence-electron chi connectivity index (χ0n) is 6.86. The number of alkyl halides is 6. The van der Waals surface area contributed by atoms with Crippen molar-refractivity contribution in [1.82, 2.24) is 0 Å². The third kappa shape index (κ3) is 2.62. The molecule has 0 saturated heterocycles. The Morgan fingerprint density at radius 3 is 1.50 bits per heavy atom. The fourth-order valence-corrected chi connectivity index (χ4v) is 3.15. The average Bonchev–Trinajstić information content (AvgIpc) is 2.31. The van der Waals surface area contributed by atoms with E-state index in [9.17, 15) is 26.3 Å². The minimum atomic E-state index is -5.13. The number of allylic oxidation sites excluding steroid dienone is 2. The highest BCUT2D eigenvalue weighted by Crippen LogP contribution is 2.69. The van der Waals surface area contributed by atoms with Crippen LogP contribution in [0.1, 0.15) is 12.8 Å². The van der Waals surface area contributed by atoms with Gasteiger partial charge in [0.1, 0.15) is 7.92 Å². The molecule has 1 rings (SSSR count). The molecule has 0 spiro atoms. The predicted octanol–water partition coefficient (Wildman–Crippen LogP) is 4.23. The first-order valence-corrected chi connectivity index (χ1v) is 5.22. The van der Waals surface area contributed by atoms with Gasteiger partial charge in [0.05, 0.1) is 0 Å². The number of halogens is 6. The predicted molar refractivity (Wildman–Crippen MR) is 41.2 cm³/mol. The lowest BCUT2D eigenvalue weighted by Gasteiger charge is -2.27. The molecule has 0 fully saturated rings. The molecule has 1 aliphatic carbocycles. The van der Waals surface area contributed by atoms with Crippen LogP contribution in [0, 0.1) is 0 Å². The van der Waals surface area contributed by atoms with Crippen LogP contribution < -0.4 is 0 Å². The largest absolute Gasteiger partial charge is 0.414 e. The van der Waals surface area contributed by atoms with Gasteiger partial charge >= 0.3 is 11.8 Å². The van der Waals surface area contributed by atoms with Crippen molar-refractivity contribution < 1.29 is 26.3 Å². The zero-order chi connectivity index (χ0) is 11.0. The first-order valence-electron chi connectivity index (χ1n) is 3.81. The summed E-state index contributed by atoms with van der Waals surface area (Å²) < 4.78 is 72.9. The summed E-state index contributed by atoms with van der Waals surface area (Å²) in [4.78, 5) is 0. The number of rotatable bonds is 1. The number of hydrogen-bond donors (Lipinski definition) is 0. The maximum atomic E-state index is 12.1. The second kappa shape index (κ2) is 3.72. The Kier molecular flexibility index (Phi) is 3.14. The summed E-state index contributed by atoms with van der Waals surface area (Å²) in [7, 11) is -3.91. The maximum absolute atomic E-state index is 12.1. The van der Waals surface area contributed by atoms with E-state index in [4.69, 9.17) is 0 Å². The van der Waals surface area contributed by atoms with Crippen molar-refractivity contribution in [2.24, 2.45) is 0 Å². The van der Waals surface area contributed by atoms with Gasteiger partial charge in [-0.25, -0.2) is 0 Å². The molecule has 0 unspecified atom stereocenters. The van der Waals surface area contributed by atoms with Gasteiger partial charge in [0.25, 0.3) is 0 Å². The molecular formula is C7H7F6P. The van der Waals surface area contributed by atoms with Crippen molar-refractivity contribution in [1.29, 1.82) is 0 Å². The Morgan fingerprint density at radius 2 is 1.21 bits per heavy atom. The molecule has 1 aliphatic rings. The molecule has 82 valence electrons. The van der Waals surface area contributed by atoms with Crippen molar-refractivity contribution in [3.8, 4) is 0 Å². The van der Waals surface area contributed by atoms with E-state index in [0.717, 1.165) is 0 Å². The second-order valence-corrected chi connectivity index (χ2v) is 5.39. The van der Waals surface area contributed by atoms with E-state index >= 15 is 0 Å². The first kappa shape index (κ1) is 11.8. The van der Waals surface area contributed by atoms with Crippen LogP contribution in [0.5, 0.6) is 0 Å². The Hall–Kier alpha value is -0.250. The van der Waals surface area contributed by atoms with Crippen molar-refractivity contribution in [2.75, 3.05) is 0 Å². The Morgan fingerprint density at radius 1 is 0.857 bits per heavy atom. The Balaban J connectivity index is 2.83. The Labute approximate surface area is 77.7 Å². The third-order valence-corrected chi connectivity index (χ3v) is 4.14. The zero-order valence-corrected chi connectivity index (χ0v) is 7.76. The highest BCUT2D eigenvalue weighted by atomic mass is 31.1. The summed E-state index contributed by atoms with van der Waals surface area (Å²) in [5.41, 5.74) is -1.31. The van der Waals surface area contributed by atoms with Crippen LogP contribution in [0.4, 0.5) is 26.3 Å². The molecule has 0 bridgehead atoms. The average molecular weight is 236 g/mol. The van der Waals surface area contributed by atoms with Gasteiger partial charge in [-0.15, -0.1) is 0 Å². The molecular weight excluding hydrogens is 229 g/mol. The van der Waals surface area contributed by atoms with Gasteiger partial charge in [-0.05, 0) is 12.8 Å². The molecule has 0 amide bonds. The van der Waals surface area contributed by atoms with Crippen LogP contribution in [-0.4, -0.2) is 17.5 Å². The van der Waals surface area contributed by atoms with Gasteiger partial charge in [-0.1, -0.05) is 12.2 Å².